The summed E-state index contributed by atoms with van der Waals surface area (Å²) in [4.78, 5) is 0. The van der Waals surface area contributed by atoms with Crippen LogP contribution < -0.4 is 16.2 Å². The van der Waals surface area contributed by atoms with Crippen LogP contribution in [0.1, 0.15) is 78.0 Å². The summed E-state index contributed by atoms with van der Waals surface area (Å²) in [5.74, 6) is 0. The van der Waals surface area contributed by atoms with E-state index in [0.717, 1.165) is 18.7 Å². The number of benzene rings is 8. The Labute approximate surface area is 397 Å². The van der Waals surface area contributed by atoms with Crippen LogP contribution in [-0.2, 0) is 16.2 Å². The van der Waals surface area contributed by atoms with Crippen LogP contribution in [0.4, 0.5) is 11.4 Å². The third-order valence-corrected chi connectivity index (χ3v) is 19.0. The quantitative estimate of drug-likeness (QED) is 0.175. The second-order valence-corrected chi connectivity index (χ2v) is 24.9. The van der Waals surface area contributed by atoms with Crippen molar-refractivity contribution in [1.82, 2.24) is 4.57 Å². The van der Waals surface area contributed by atoms with Gasteiger partial charge in [-0.25, -0.2) is 0 Å². The van der Waals surface area contributed by atoms with Gasteiger partial charge in [-0.15, -0.1) is 34.0 Å². The molecular formula is C60H49BN2S3. The first-order valence-corrected chi connectivity index (χ1v) is 26.0. The van der Waals surface area contributed by atoms with Gasteiger partial charge in [0.25, 0.3) is 0 Å². The molecule has 1 N–H and O–H groups in total. The molecule has 4 aromatic heterocycles. The van der Waals surface area contributed by atoms with Gasteiger partial charge in [0.15, 0.2) is 7.28 Å². The summed E-state index contributed by atoms with van der Waals surface area (Å²) in [6, 6.07) is 52.0. The summed E-state index contributed by atoms with van der Waals surface area (Å²) < 4.78 is 10.7. The van der Waals surface area contributed by atoms with Gasteiger partial charge in [-0.05, 0) is 129 Å². The molecule has 0 saturated heterocycles. The van der Waals surface area contributed by atoms with Gasteiger partial charge in [0.2, 0.25) is 0 Å². The zero-order valence-corrected chi connectivity index (χ0v) is 40.9. The SMILES string of the molecule is CC(C)(C)c1ccc(Nc2cc3sc4cc5c(cc4c3cc2-c2ccc3c4cc6sc7ccccc7c6cc4n4c3c2Bc2cc3c(cc2-4)sc2ccccc23)C(C)(C)CCC5(C)C)cc1. The van der Waals surface area contributed by atoms with E-state index in [0.29, 0.717) is 0 Å². The molecule has 0 atom stereocenters. The standard InChI is InChI=1S/C60H49BN2S3/c1-58(2,3)32-16-18-33(19-17-32)62-47-30-54-40(41-25-44-45(29-53(41)66-54)60(6,7)23-22-59(44,4)5)24-38(47)36-20-21-37-39-28-52-43(35-13-9-11-15-51(35)64-52)27-48(39)63-49-31-55-42(26-46(49)61-56(36)57(37)63)34-12-8-10-14-50(34)65-55/h8-21,24-31,61-62H,22-23H2,1-7H3. The highest BCUT2D eigenvalue weighted by molar-refractivity contribution is 7.26. The number of hydrogen-bond donors (Lipinski definition) is 1. The smallest absolute Gasteiger partial charge is 0.198 e. The van der Waals surface area contributed by atoms with Crippen molar-refractivity contribution >= 4 is 146 Å². The molecule has 320 valence electrons. The molecule has 0 spiro atoms. The fourth-order valence-corrected chi connectivity index (χ4v) is 15.2. The van der Waals surface area contributed by atoms with Gasteiger partial charge in [0.1, 0.15) is 0 Å². The lowest BCUT2D eigenvalue weighted by molar-refractivity contribution is 0.332. The number of anilines is 2. The fraction of sp³-hybridized carbons (Fsp3) is 0.200. The first-order valence-electron chi connectivity index (χ1n) is 23.6. The average molecular weight is 905 g/mol. The Morgan fingerprint density at radius 1 is 0.515 bits per heavy atom. The van der Waals surface area contributed by atoms with Crippen LogP contribution in [0.2, 0.25) is 0 Å². The molecule has 0 unspecified atom stereocenters. The maximum atomic E-state index is 4.02. The number of fused-ring (bicyclic) bond motifs is 15. The number of nitrogens with zero attached hydrogens (tertiary/aromatic N) is 1. The molecule has 8 aromatic carbocycles. The van der Waals surface area contributed by atoms with Crippen molar-refractivity contribution in [2.75, 3.05) is 5.32 Å². The first kappa shape index (κ1) is 39.3. The molecule has 66 heavy (non-hydrogen) atoms. The lowest BCUT2D eigenvalue weighted by Crippen LogP contribution is -2.37. The summed E-state index contributed by atoms with van der Waals surface area (Å²) in [5.41, 5.74) is 16.3. The average Bonchev–Trinajstić information content (AvgIpc) is 4.05. The minimum absolute atomic E-state index is 0.0812. The third-order valence-electron chi connectivity index (χ3n) is 15.6. The van der Waals surface area contributed by atoms with Gasteiger partial charge >= 0.3 is 0 Å². The molecule has 2 nitrogen and oxygen atoms in total. The van der Waals surface area contributed by atoms with Crippen molar-refractivity contribution in [2.45, 2.75) is 77.6 Å². The summed E-state index contributed by atoms with van der Waals surface area (Å²) in [5, 5.41) is 14.8. The highest BCUT2D eigenvalue weighted by atomic mass is 32.1. The van der Waals surface area contributed by atoms with E-state index in [4.69, 9.17) is 0 Å². The van der Waals surface area contributed by atoms with Crippen molar-refractivity contribution < 1.29 is 0 Å². The summed E-state index contributed by atoms with van der Waals surface area (Å²) in [7, 11) is 0.856. The van der Waals surface area contributed by atoms with Crippen molar-refractivity contribution in [3.8, 4) is 16.8 Å². The van der Waals surface area contributed by atoms with Gasteiger partial charge in [-0.3, -0.25) is 0 Å². The molecule has 0 saturated carbocycles. The Balaban J connectivity index is 1.07. The van der Waals surface area contributed by atoms with Crippen molar-refractivity contribution in [1.29, 1.82) is 0 Å². The molecule has 5 heterocycles. The zero-order valence-electron chi connectivity index (χ0n) is 38.5. The highest BCUT2D eigenvalue weighted by Gasteiger charge is 2.38. The Kier molecular flexibility index (Phi) is 7.96. The molecule has 14 rings (SSSR count). The van der Waals surface area contributed by atoms with Gasteiger partial charge in [0, 0.05) is 94.0 Å². The lowest BCUT2D eigenvalue weighted by Gasteiger charge is -2.41. The monoisotopic (exact) mass is 904 g/mol. The molecule has 1 aliphatic heterocycles. The molecule has 1 aliphatic carbocycles. The molecular weight excluding hydrogens is 856 g/mol. The molecule has 0 fully saturated rings. The van der Waals surface area contributed by atoms with Crippen LogP contribution in [0, 0.1) is 0 Å². The first-order chi connectivity index (χ1) is 31.8. The van der Waals surface area contributed by atoms with Crippen LogP contribution >= 0.6 is 34.0 Å². The van der Waals surface area contributed by atoms with Gasteiger partial charge in [0.05, 0.1) is 5.52 Å². The second-order valence-electron chi connectivity index (χ2n) is 21.6. The van der Waals surface area contributed by atoms with E-state index in [9.17, 15) is 0 Å². The van der Waals surface area contributed by atoms with E-state index in [2.05, 4.69) is 192 Å². The summed E-state index contributed by atoms with van der Waals surface area (Å²) in [6.07, 6.45) is 2.41. The second kappa shape index (κ2) is 13.4. The maximum Gasteiger partial charge on any atom is 0.198 e. The van der Waals surface area contributed by atoms with Crippen LogP contribution in [0.25, 0.3) is 99.1 Å². The van der Waals surface area contributed by atoms with Crippen LogP contribution in [0.5, 0.6) is 0 Å². The van der Waals surface area contributed by atoms with E-state index >= 15 is 0 Å². The number of nitrogens with one attached hydrogen (secondary N) is 1. The van der Waals surface area contributed by atoms with E-state index < -0.39 is 0 Å². The number of hydrogen-bond acceptors (Lipinski definition) is 4. The van der Waals surface area contributed by atoms with Crippen LogP contribution in [0.15, 0.2) is 133 Å². The van der Waals surface area contributed by atoms with Gasteiger partial charge in [-0.1, -0.05) is 121 Å². The minimum atomic E-state index is 0.0812. The fourth-order valence-electron chi connectivity index (χ4n) is 11.8. The maximum absolute atomic E-state index is 4.02. The predicted octanol–water partition coefficient (Wildman–Crippen LogP) is 16.6. The van der Waals surface area contributed by atoms with Crippen LogP contribution in [0.3, 0.4) is 0 Å². The normalized spacial score (nSPS) is 15.4. The van der Waals surface area contributed by atoms with Gasteiger partial charge in [-0.2, -0.15) is 0 Å². The lowest BCUT2D eigenvalue weighted by atomic mass is 9.59. The van der Waals surface area contributed by atoms with Crippen LogP contribution in [-0.4, -0.2) is 11.8 Å². The summed E-state index contributed by atoms with van der Waals surface area (Å²) in [6.45, 7) is 16.7. The zero-order chi connectivity index (χ0) is 44.6. The topological polar surface area (TPSA) is 17.0 Å². The molecule has 0 radical (unpaired) electrons. The summed E-state index contributed by atoms with van der Waals surface area (Å²) >= 11 is 5.78. The Morgan fingerprint density at radius 2 is 1.11 bits per heavy atom. The van der Waals surface area contributed by atoms with E-state index in [1.165, 1.54) is 140 Å². The molecule has 0 bridgehead atoms. The van der Waals surface area contributed by atoms with Gasteiger partial charge < -0.3 is 9.88 Å². The van der Waals surface area contributed by atoms with E-state index in [1.54, 1.807) is 0 Å². The molecule has 2 aliphatic rings. The Bertz CT molecular complexity index is 4090. The van der Waals surface area contributed by atoms with E-state index in [1.807, 2.05) is 34.0 Å². The molecule has 0 amide bonds. The number of thiophene rings is 3. The Hall–Kier alpha value is -5.92. The van der Waals surface area contributed by atoms with E-state index in [-0.39, 0.29) is 16.2 Å². The van der Waals surface area contributed by atoms with Crippen molar-refractivity contribution in [3.05, 3.63) is 150 Å². The predicted molar refractivity (Wildman–Crippen MR) is 295 cm³/mol. The minimum Gasteiger partial charge on any atom is -0.355 e. The third kappa shape index (κ3) is 5.59. The molecule has 6 heteroatoms. The highest BCUT2D eigenvalue weighted by Crippen LogP contribution is 2.51. The number of aromatic nitrogens is 1. The van der Waals surface area contributed by atoms with Crippen molar-refractivity contribution in [3.63, 3.8) is 0 Å². The molecule has 12 aromatic rings. The number of rotatable bonds is 3. The Morgan fingerprint density at radius 3 is 1.82 bits per heavy atom. The van der Waals surface area contributed by atoms with Crippen molar-refractivity contribution in [2.24, 2.45) is 0 Å². The largest absolute Gasteiger partial charge is 0.355 e.